The highest BCUT2D eigenvalue weighted by Crippen LogP contribution is 2.25. The summed E-state index contributed by atoms with van der Waals surface area (Å²) in [4.78, 5) is 35.2. The number of carbonyl (C=O) groups excluding carboxylic acids is 1. The number of fused-ring (bicyclic) bond motifs is 1. The van der Waals surface area contributed by atoms with Crippen LogP contribution in [-0.2, 0) is 16.0 Å². The van der Waals surface area contributed by atoms with E-state index < -0.39 is 12.1 Å². The molecule has 1 unspecified atom stereocenters. The fourth-order valence-electron chi connectivity index (χ4n) is 3.66. The summed E-state index contributed by atoms with van der Waals surface area (Å²) in [6.07, 6.45) is 6.59. The van der Waals surface area contributed by atoms with Gasteiger partial charge in [-0.2, -0.15) is 0 Å². The van der Waals surface area contributed by atoms with Crippen LogP contribution in [0.25, 0.3) is 11.0 Å². The number of carboxylic acids is 1. The summed E-state index contributed by atoms with van der Waals surface area (Å²) in [5.41, 5.74) is 1.82. The van der Waals surface area contributed by atoms with E-state index in [1.165, 1.54) is 0 Å². The van der Waals surface area contributed by atoms with Crippen molar-refractivity contribution in [1.82, 2.24) is 5.32 Å². The number of carboxylic acid groups (broad SMARTS) is 1. The van der Waals surface area contributed by atoms with Gasteiger partial charge in [0.15, 0.2) is 6.10 Å². The van der Waals surface area contributed by atoms with Crippen molar-refractivity contribution in [3.63, 3.8) is 0 Å². The Morgan fingerprint density at radius 3 is 2.59 bits per heavy atom. The van der Waals surface area contributed by atoms with Gasteiger partial charge in [-0.05, 0) is 57.2 Å². The van der Waals surface area contributed by atoms with Gasteiger partial charge in [0.2, 0.25) is 0 Å². The standard InChI is InChI=1S/C25H35NO6/c1-4-5-6-8-11-21-17(2)20-14-13-19(16-22(20)32-25(21)30)31-18(3)24(29)26-15-10-7-9-12-23(27)28/h13-14,16,18H,4-12,15H2,1-3H3,(H,26,29)(H,27,28). The quantitative estimate of drug-likeness (QED) is 0.321. The molecule has 0 saturated carbocycles. The number of hydrogen-bond donors (Lipinski definition) is 2. The van der Waals surface area contributed by atoms with Crippen LogP contribution in [0.15, 0.2) is 27.4 Å². The maximum atomic E-state index is 12.5. The number of aliphatic carboxylic acids is 1. The van der Waals surface area contributed by atoms with Crippen LogP contribution in [0, 0.1) is 6.92 Å². The second-order valence-corrected chi connectivity index (χ2v) is 8.22. The molecule has 1 atom stereocenters. The Hall–Kier alpha value is -2.83. The van der Waals surface area contributed by atoms with Gasteiger partial charge >= 0.3 is 11.6 Å². The van der Waals surface area contributed by atoms with Crippen LogP contribution in [0.1, 0.15) is 76.3 Å². The smallest absolute Gasteiger partial charge is 0.339 e. The van der Waals surface area contributed by atoms with Crippen molar-refractivity contribution in [1.29, 1.82) is 0 Å². The zero-order valence-electron chi connectivity index (χ0n) is 19.4. The van der Waals surface area contributed by atoms with Gasteiger partial charge in [0.1, 0.15) is 11.3 Å². The molecular weight excluding hydrogens is 410 g/mol. The third-order valence-corrected chi connectivity index (χ3v) is 5.59. The Labute approximate surface area is 189 Å². The van der Waals surface area contributed by atoms with E-state index in [1.807, 2.05) is 13.0 Å². The molecule has 7 heteroatoms. The molecule has 176 valence electrons. The maximum absolute atomic E-state index is 12.5. The highest BCUT2D eigenvalue weighted by atomic mass is 16.5. The third kappa shape index (κ3) is 7.70. The largest absolute Gasteiger partial charge is 0.481 e. The van der Waals surface area contributed by atoms with E-state index in [0.29, 0.717) is 30.7 Å². The topological polar surface area (TPSA) is 106 Å². The molecule has 2 N–H and O–H groups in total. The molecule has 0 radical (unpaired) electrons. The summed E-state index contributed by atoms with van der Waals surface area (Å²) in [6.45, 7) is 6.23. The molecule has 0 aliphatic rings. The normalized spacial score (nSPS) is 12.0. The molecule has 7 nitrogen and oxygen atoms in total. The maximum Gasteiger partial charge on any atom is 0.339 e. The average molecular weight is 446 g/mol. The monoisotopic (exact) mass is 445 g/mol. The lowest BCUT2D eigenvalue weighted by Crippen LogP contribution is -2.36. The van der Waals surface area contributed by atoms with Gasteiger partial charge in [-0.1, -0.05) is 32.6 Å². The van der Waals surface area contributed by atoms with Crippen molar-refractivity contribution in [3.05, 3.63) is 39.7 Å². The predicted octanol–water partition coefficient (Wildman–Crippen LogP) is 4.75. The van der Waals surface area contributed by atoms with E-state index in [9.17, 15) is 14.4 Å². The first-order valence-electron chi connectivity index (χ1n) is 11.6. The minimum Gasteiger partial charge on any atom is -0.481 e. The third-order valence-electron chi connectivity index (χ3n) is 5.59. The molecule has 1 amide bonds. The molecule has 0 spiro atoms. The number of carbonyl (C=O) groups is 2. The Bertz CT molecular complexity index is 965. The van der Waals surface area contributed by atoms with E-state index >= 15 is 0 Å². The fourth-order valence-corrected chi connectivity index (χ4v) is 3.66. The van der Waals surface area contributed by atoms with E-state index in [1.54, 1.807) is 19.1 Å². The molecule has 0 bridgehead atoms. The number of benzene rings is 1. The van der Waals surface area contributed by atoms with Gasteiger partial charge in [-0.3, -0.25) is 9.59 Å². The molecule has 0 saturated heterocycles. The zero-order chi connectivity index (χ0) is 23.5. The second kappa shape index (κ2) is 12.9. The van der Waals surface area contributed by atoms with Crippen molar-refractivity contribution in [3.8, 4) is 5.75 Å². The van der Waals surface area contributed by atoms with E-state index in [4.69, 9.17) is 14.3 Å². The Morgan fingerprint density at radius 2 is 1.88 bits per heavy atom. The number of ether oxygens (including phenoxy) is 1. The van der Waals surface area contributed by atoms with Crippen LogP contribution in [-0.4, -0.2) is 29.6 Å². The molecular formula is C25H35NO6. The lowest BCUT2D eigenvalue weighted by molar-refractivity contribution is -0.137. The molecule has 1 aromatic carbocycles. The van der Waals surface area contributed by atoms with Crippen LogP contribution in [0.4, 0.5) is 0 Å². The summed E-state index contributed by atoms with van der Waals surface area (Å²) in [7, 11) is 0. The lowest BCUT2D eigenvalue weighted by Gasteiger charge is -2.15. The number of nitrogens with one attached hydrogen (secondary N) is 1. The summed E-state index contributed by atoms with van der Waals surface area (Å²) in [6, 6.07) is 5.30. The first-order valence-corrected chi connectivity index (χ1v) is 11.6. The van der Waals surface area contributed by atoms with Gasteiger partial charge in [0, 0.05) is 30.0 Å². The van der Waals surface area contributed by atoms with Crippen molar-refractivity contribution in [2.75, 3.05) is 6.54 Å². The first kappa shape index (κ1) is 25.4. The van der Waals surface area contributed by atoms with Crippen molar-refractivity contribution >= 4 is 22.8 Å². The number of aryl methyl sites for hydroxylation is 1. The number of rotatable bonds is 14. The highest BCUT2D eigenvalue weighted by Gasteiger charge is 2.16. The lowest BCUT2D eigenvalue weighted by atomic mass is 10.0. The summed E-state index contributed by atoms with van der Waals surface area (Å²) in [5.74, 6) is -0.594. The summed E-state index contributed by atoms with van der Waals surface area (Å²) >= 11 is 0. The Kier molecular flexibility index (Phi) is 10.2. The zero-order valence-corrected chi connectivity index (χ0v) is 19.4. The van der Waals surface area contributed by atoms with E-state index in [2.05, 4.69) is 12.2 Å². The average Bonchev–Trinajstić information content (AvgIpc) is 2.75. The second-order valence-electron chi connectivity index (χ2n) is 8.22. The van der Waals surface area contributed by atoms with Gasteiger partial charge in [-0.25, -0.2) is 4.79 Å². The van der Waals surface area contributed by atoms with Crippen LogP contribution >= 0.6 is 0 Å². The van der Waals surface area contributed by atoms with Crippen LogP contribution in [0.2, 0.25) is 0 Å². The Balaban J connectivity index is 1.94. The molecule has 0 fully saturated rings. The van der Waals surface area contributed by atoms with E-state index in [-0.39, 0.29) is 18.0 Å². The molecule has 0 aliphatic heterocycles. The number of amides is 1. The van der Waals surface area contributed by atoms with Crippen LogP contribution < -0.4 is 15.7 Å². The van der Waals surface area contributed by atoms with Crippen molar-refractivity contribution in [2.45, 2.75) is 84.7 Å². The van der Waals surface area contributed by atoms with Crippen LogP contribution in [0.5, 0.6) is 5.75 Å². The molecule has 2 aromatic rings. The molecule has 32 heavy (non-hydrogen) atoms. The summed E-state index contributed by atoms with van der Waals surface area (Å²) in [5, 5.41) is 12.3. The SMILES string of the molecule is CCCCCCc1c(C)c2ccc(OC(C)C(=O)NCCCCCC(=O)O)cc2oc1=O. The van der Waals surface area contributed by atoms with Gasteiger partial charge in [-0.15, -0.1) is 0 Å². The van der Waals surface area contributed by atoms with Crippen molar-refractivity contribution in [2.24, 2.45) is 0 Å². The highest BCUT2D eigenvalue weighted by molar-refractivity contribution is 5.83. The minimum atomic E-state index is -0.805. The van der Waals surface area contributed by atoms with Crippen molar-refractivity contribution < 1.29 is 23.8 Å². The van der Waals surface area contributed by atoms with Gasteiger partial charge in [0.05, 0.1) is 0 Å². The summed E-state index contributed by atoms with van der Waals surface area (Å²) < 4.78 is 11.3. The Morgan fingerprint density at radius 1 is 1.12 bits per heavy atom. The molecule has 0 aliphatic carbocycles. The minimum absolute atomic E-state index is 0.144. The number of hydrogen-bond acceptors (Lipinski definition) is 5. The fraction of sp³-hybridized carbons (Fsp3) is 0.560. The molecule has 1 aromatic heterocycles. The van der Waals surface area contributed by atoms with Crippen LogP contribution in [0.3, 0.4) is 0 Å². The van der Waals surface area contributed by atoms with E-state index in [0.717, 1.165) is 55.0 Å². The molecule has 1 heterocycles. The van der Waals surface area contributed by atoms with Gasteiger partial charge in [0.25, 0.3) is 5.91 Å². The predicted molar refractivity (Wildman–Crippen MR) is 124 cm³/mol. The number of unbranched alkanes of at least 4 members (excludes halogenated alkanes) is 5. The first-order chi connectivity index (χ1) is 15.3. The molecule has 2 rings (SSSR count). The van der Waals surface area contributed by atoms with Gasteiger partial charge < -0.3 is 19.6 Å².